The Labute approximate surface area is 160 Å². The van der Waals surface area contributed by atoms with E-state index in [-0.39, 0.29) is 12.6 Å². The molecule has 5 nitrogen and oxygen atoms in total. The van der Waals surface area contributed by atoms with E-state index in [0.29, 0.717) is 12.2 Å². The maximum Gasteiger partial charge on any atom is 0.274 e. The molecule has 0 saturated heterocycles. The quantitative estimate of drug-likeness (QED) is 0.654. The molecule has 0 aliphatic carbocycles. The Balaban J connectivity index is 1.39. The minimum absolute atomic E-state index is 0.0399. The van der Waals surface area contributed by atoms with Crippen LogP contribution >= 0.6 is 15.9 Å². The van der Waals surface area contributed by atoms with Gasteiger partial charge in [0, 0.05) is 23.8 Å². The zero-order chi connectivity index (χ0) is 17.9. The zero-order valence-electron chi connectivity index (χ0n) is 14.1. The maximum atomic E-state index is 12.7. The summed E-state index contributed by atoms with van der Waals surface area (Å²) in [6, 6.07) is 17.6. The number of ether oxygens (including phenoxy) is 1. The number of hydrogen-bond donors (Lipinski definition) is 0. The van der Waals surface area contributed by atoms with Gasteiger partial charge in [0.1, 0.15) is 5.75 Å². The topological polar surface area (TPSA) is 47.4 Å². The molecule has 0 unspecified atom stereocenters. The molecule has 1 aliphatic heterocycles. The number of nitrogens with zero attached hydrogens (tertiary/aromatic N) is 3. The molecule has 0 spiro atoms. The van der Waals surface area contributed by atoms with Crippen LogP contribution in [0, 0.1) is 0 Å². The second-order valence-electron chi connectivity index (χ2n) is 6.21. The number of halogens is 1. The van der Waals surface area contributed by atoms with Crippen LogP contribution in [0.2, 0.25) is 0 Å². The second kappa shape index (κ2) is 7.33. The molecule has 4 rings (SSSR count). The third-order valence-electron chi connectivity index (χ3n) is 4.45. The zero-order valence-corrected chi connectivity index (χ0v) is 15.7. The SMILES string of the molecule is O=C(c1ccn(COc2ccc(Br)cc2)n1)N1CCc2ccccc2C1. The van der Waals surface area contributed by atoms with Crippen molar-refractivity contribution in [3.05, 3.63) is 82.1 Å². The highest BCUT2D eigenvalue weighted by Crippen LogP contribution is 2.20. The van der Waals surface area contributed by atoms with Gasteiger partial charge in [-0.15, -0.1) is 0 Å². The largest absolute Gasteiger partial charge is 0.471 e. The van der Waals surface area contributed by atoms with Gasteiger partial charge in [0.15, 0.2) is 12.4 Å². The standard InChI is InChI=1S/C20H18BrN3O2/c21-17-5-7-18(8-6-17)26-14-24-12-10-19(22-24)20(25)23-11-9-15-3-1-2-4-16(15)13-23/h1-8,10,12H,9,11,13-14H2. The van der Waals surface area contributed by atoms with Crippen LogP contribution in [0.15, 0.2) is 65.3 Å². The highest BCUT2D eigenvalue weighted by molar-refractivity contribution is 9.10. The van der Waals surface area contributed by atoms with E-state index in [9.17, 15) is 4.79 Å². The Morgan fingerprint density at radius 1 is 1.08 bits per heavy atom. The van der Waals surface area contributed by atoms with Crippen molar-refractivity contribution >= 4 is 21.8 Å². The van der Waals surface area contributed by atoms with Crippen LogP contribution in [-0.2, 0) is 19.7 Å². The van der Waals surface area contributed by atoms with Crippen LogP contribution in [0.3, 0.4) is 0 Å². The minimum atomic E-state index is -0.0399. The van der Waals surface area contributed by atoms with Crippen molar-refractivity contribution in [3.63, 3.8) is 0 Å². The van der Waals surface area contributed by atoms with Crippen molar-refractivity contribution in [2.24, 2.45) is 0 Å². The summed E-state index contributed by atoms with van der Waals surface area (Å²) in [6.07, 6.45) is 2.65. The fourth-order valence-electron chi connectivity index (χ4n) is 3.05. The molecule has 6 heteroatoms. The van der Waals surface area contributed by atoms with Gasteiger partial charge in [-0.25, -0.2) is 4.68 Å². The first-order valence-electron chi connectivity index (χ1n) is 8.47. The van der Waals surface area contributed by atoms with E-state index in [4.69, 9.17) is 4.74 Å². The minimum Gasteiger partial charge on any atom is -0.471 e. The summed E-state index contributed by atoms with van der Waals surface area (Å²) in [7, 11) is 0. The van der Waals surface area contributed by atoms with Crippen molar-refractivity contribution < 1.29 is 9.53 Å². The third-order valence-corrected chi connectivity index (χ3v) is 4.98. The van der Waals surface area contributed by atoms with Gasteiger partial charge in [-0.1, -0.05) is 40.2 Å². The van der Waals surface area contributed by atoms with Crippen molar-refractivity contribution in [3.8, 4) is 5.75 Å². The number of amides is 1. The molecule has 0 saturated carbocycles. The van der Waals surface area contributed by atoms with E-state index >= 15 is 0 Å². The normalized spacial score (nSPS) is 13.3. The van der Waals surface area contributed by atoms with Crippen LogP contribution in [-0.4, -0.2) is 27.1 Å². The fraction of sp³-hybridized carbons (Fsp3) is 0.200. The molecule has 0 atom stereocenters. The van der Waals surface area contributed by atoms with Crippen LogP contribution in [0.25, 0.3) is 0 Å². The van der Waals surface area contributed by atoms with E-state index < -0.39 is 0 Å². The number of hydrogen-bond acceptors (Lipinski definition) is 3. The molecule has 2 heterocycles. The summed E-state index contributed by atoms with van der Waals surface area (Å²) in [5.41, 5.74) is 2.99. The first-order chi connectivity index (χ1) is 12.7. The third kappa shape index (κ3) is 3.65. The summed E-state index contributed by atoms with van der Waals surface area (Å²) in [6.45, 7) is 1.62. The monoisotopic (exact) mass is 411 g/mol. The number of fused-ring (bicyclic) bond motifs is 1. The molecule has 1 aromatic heterocycles. The maximum absolute atomic E-state index is 12.7. The van der Waals surface area contributed by atoms with Gasteiger partial charge < -0.3 is 9.64 Å². The predicted molar refractivity (Wildman–Crippen MR) is 102 cm³/mol. The van der Waals surface area contributed by atoms with Gasteiger partial charge in [0.25, 0.3) is 5.91 Å². The van der Waals surface area contributed by atoms with Gasteiger partial charge in [0.05, 0.1) is 0 Å². The first-order valence-corrected chi connectivity index (χ1v) is 9.26. The van der Waals surface area contributed by atoms with E-state index in [0.717, 1.165) is 23.2 Å². The molecule has 3 aromatic rings. The van der Waals surface area contributed by atoms with Crippen LogP contribution in [0.1, 0.15) is 21.6 Å². The number of aromatic nitrogens is 2. The number of benzene rings is 2. The van der Waals surface area contributed by atoms with E-state index in [1.807, 2.05) is 41.3 Å². The van der Waals surface area contributed by atoms with Gasteiger partial charge >= 0.3 is 0 Å². The van der Waals surface area contributed by atoms with Crippen molar-refractivity contribution in [2.45, 2.75) is 19.7 Å². The van der Waals surface area contributed by atoms with Gasteiger partial charge in [-0.3, -0.25) is 4.79 Å². The highest BCUT2D eigenvalue weighted by Gasteiger charge is 2.23. The Morgan fingerprint density at radius 3 is 2.65 bits per heavy atom. The molecule has 0 N–H and O–H groups in total. The van der Waals surface area contributed by atoms with Gasteiger partial charge in [-0.05, 0) is 47.9 Å². The average molecular weight is 412 g/mol. The van der Waals surface area contributed by atoms with Gasteiger partial charge in [0.2, 0.25) is 0 Å². The van der Waals surface area contributed by atoms with Crippen molar-refractivity contribution in [1.82, 2.24) is 14.7 Å². The number of carbonyl (C=O) groups excluding carboxylic acids is 1. The molecule has 132 valence electrons. The molecule has 0 fully saturated rings. The molecular weight excluding hydrogens is 394 g/mol. The summed E-state index contributed by atoms with van der Waals surface area (Å²) >= 11 is 3.39. The second-order valence-corrected chi connectivity index (χ2v) is 7.13. The van der Waals surface area contributed by atoms with Gasteiger partial charge in [-0.2, -0.15) is 5.10 Å². The summed E-state index contributed by atoms with van der Waals surface area (Å²) in [4.78, 5) is 14.6. The lowest BCUT2D eigenvalue weighted by molar-refractivity contribution is 0.0726. The molecule has 0 bridgehead atoms. The van der Waals surface area contributed by atoms with E-state index in [1.54, 1.807) is 16.9 Å². The molecular formula is C20H18BrN3O2. The molecule has 0 radical (unpaired) electrons. The molecule has 1 aliphatic rings. The number of carbonyl (C=O) groups is 1. The smallest absolute Gasteiger partial charge is 0.274 e. The van der Waals surface area contributed by atoms with E-state index in [1.165, 1.54) is 11.1 Å². The summed E-state index contributed by atoms with van der Waals surface area (Å²) < 4.78 is 8.32. The summed E-state index contributed by atoms with van der Waals surface area (Å²) in [5.74, 6) is 0.714. The first kappa shape index (κ1) is 16.8. The van der Waals surface area contributed by atoms with E-state index in [2.05, 4.69) is 33.2 Å². The molecule has 26 heavy (non-hydrogen) atoms. The van der Waals surface area contributed by atoms with Crippen molar-refractivity contribution in [1.29, 1.82) is 0 Å². The van der Waals surface area contributed by atoms with Crippen molar-refractivity contribution in [2.75, 3.05) is 6.54 Å². The lowest BCUT2D eigenvalue weighted by Gasteiger charge is -2.28. The fourth-order valence-corrected chi connectivity index (χ4v) is 3.31. The lowest BCUT2D eigenvalue weighted by Crippen LogP contribution is -2.36. The highest BCUT2D eigenvalue weighted by atomic mass is 79.9. The molecule has 2 aromatic carbocycles. The number of rotatable bonds is 4. The van der Waals surface area contributed by atoms with Crippen LogP contribution in [0.5, 0.6) is 5.75 Å². The molecule has 1 amide bonds. The summed E-state index contributed by atoms with van der Waals surface area (Å²) in [5, 5.41) is 4.37. The Kier molecular flexibility index (Phi) is 4.75. The van der Waals surface area contributed by atoms with Crippen LogP contribution in [0.4, 0.5) is 0 Å². The Bertz CT molecular complexity index is 921. The average Bonchev–Trinajstić information content (AvgIpc) is 3.15. The van der Waals surface area contributed by atoms with Crippen LogP contribution < -0.4 is 4.74 Å². The Morgan fingerprint density at radius 2 is 1.85 bits per heavy atom. The lowest BCUT2D eigenvalue weighted by atomic mass is 10.00. The Hall–Kier alpha value is -2.60. The predicted octanol–water partition coefficient (Wildman–Crippen LogP) is 3.88.